The first-order chi connectivity index (χ1) is 8.36. The van der Waals surface area contributed by atoms with Gasteiger partial charge in [0.15, 0.2) is 5.78 Å². The number of hydrogen-bond donors (Lipinski definition) is 0. The average Bonchev–Trinajstić information content (AvgIpc) is 2.26. The topological polar surface area (TPSA) is 69.4 Å². The predicted molar refractivity (Wildman–Crippen MR) is 59.1 cm³/mol. The number of ketones is 1. The molecule has 0 spiro atoms. The van der Waals surface area contributed by atoms with Crippen molar-refractivity contribution in [3.8, 4) is 5.75 Å². The molecule has 98 valence electrons. The van der Waals surface area contributed by atoms with Gasteiger partial charge in [-0.25, -0.2) is 0 Å². The van der Waals surface area contributed by atoms with E-state index in [0.717, 1.165) is 19.1 Å². The van der Waals surface area contributed by atoms with Crippen LogP contribution < -0.4 is 4.74 Å². The number of rotatable bonds is 5. The lowest BCUT2D eigenvalue weighted by molar-refractivity contribution is -0.385. The molecule has 1 aromatic rings. The lowest BCUT2D eigenvalue weighted by Crippen LogP contribution is -2.08. The molecule has 0 radical (unpaired) electrons. The molecule has 0 amide bonds. The minimum absolute atomic E-state index is 0.223. The Bertz CT molecular complexity index is 488. The van der Waals surface area contributed by atoms with Crippen LogP contribution >= 0.6 is 0 Å². The number of nitro groups is 1. The number of hydrogen-bond acceptors (Lipinski definition) is 4. The summed E-state index contributed by atoms with van der Waals surface area (Å²) in [4.78, 5) is 21.4. The van der Waals surface area contributed by atoms with Crippen molar-refractivity contribution in [2.24, 2.45) is 0 Å². The van der Waals surface area contributed by atoms with Gasteiger partial charge in [-0.3, -0.25) is 14.9 Å². The van der Waals surface area contributed by atoms with Crippen molar-refractivity contribution in [1.29, 1.82) is 0 Å². The molecule has 1 aromatic carbocycles. The van der Waals surface area contributed by atoms with E-state index in [9.17, 15) is 23.7 Å². The highest BCUT2D eigenvalue weighted by Crippen LogP contribution is 2.30. The molecule has 5 nitrogen and oxygen atoms in total. The highest BCUT2D eigenvalue weighted by atomic mass is 19.3. The third kappa shape index (κ3) is 2.99. The van der Waals surface area contributed by atoms with Crippen LogP contribution in [0.4, 0.5) is 14.5 Å². The summed E-state index contributed by atoms with van der Waals surface area (Å²) in [5.41, 5.74) is -0.260. The van der Waals surface area contributed by atoms with Crippen molar-refractivity contribution in [3.05, 3.63) is 33.4 Å². The summed E-state index contributed by atoms with van der Waals surface area (Å²) in [6.45, 7) is -0.320. The van der Waals surface area contributed by atoms with Gasteiger partial charge >= 0.3 is 6.61 Å². The largest absolute Gasteiger partial charge is 0.434 e. The van der Waals surface area contributed by atoms with E-state index in [1.165, 1.54) is 0 Å². The van der Waals surface area contributed by atoms with Gasteiger partial charge in [-0.2, -0.15) is 8.78 Å². The molecule has 1 rings (SSSR count). The predicted octanol–water partition coefficient (Wildman–Crippen LogP) is 2.96. The Labute approximate surface area is 102 Å². The van der Waals surface area contributed by atoms with Crippen molar-refractivity contribution in [2.75, 3.05) is 0 Å². The van der Waals surface area contributed by atoms with E-state index >= 15 is 0 Å². The molecule has 0 aromatic heterocycles. The van der Waals surface area contributed by atoms with Crippen LogP contribution in [-0.2, 0) is 6.42 Å². The first kappa shape index (κ1) is 14.0. The second-order valence-electron chi connectivity index (χ2n) is 3.52. The van der Waals surface area contributed by atoms with E-state index in [1.54, 1.807) is 6.92 Å². The summed E-state index contributed by atoms with van der Waals surface area (Å²) >= 11 is 0. The van der Waals surface area contributed by atoms with E-state index in [-0.39, 0.29) is 29.0 Å². The fourth-order valence-electron chi connectivity index (χ4n) is 1.53. The lowest BCUT2D eigenvalue weighted by atomic mass is 10.0. The van der Waals surface area contributed by atoms with Gasteiger partial charge in [0.1, 0.15) is 5.75 Å². The molecule has 0 unspecified atom stereocenters. The summed E-state index contributed by atoms with van der Waals surface area (Å²) in [5.74, 6) is -0.906. The number of alkyl halides is 2. The van der Waals surface area contributed by atoms with E-state index in [4.69, 9.17) is 0 Å². The minimum Gasteiger partial charge on any atom is -0.434 e. The van der Waals surface area contributed by atoms with Gasteiger partial charge in [0, 0.05) is 11.6 Å². The van der Waals surface area contributed by atoms with Crippen molar-refractivity contribution in [3.63, 3.8) is 0 Å². The van der Waals surface area contributed by atoms with Gasteiger partial charge in [-0.15, -0.1) is 0 Å². The maximum absolute atomic E-state index is 12.2. The number of carbonyl (C=O) groups excluding carboxylic acids is 1. The maximum atomic E-state index is 12.2. The molecule has 0 N–H and O–H groups in total. The van der Waals surface area contributed by atoms with Gasteiger partial charge in [0.25, 0.3) is 5.69 Å². The fraction of sp³-hybridized carbons (Fsp3) is 0.364. The first-order valence-electron chi connectivity index (χ1n) is 5.13. The monoisotopic (exact) mass is 259 g/mol. The van der Waals surface area contributed by atoms with Crippen LogP contribution in [0, 0.1) is 10.1 Å². The molecule has 0 bridgehead atoms. The summed E-state index contributed by atoms with van der Waals surface area (Å²) in [6.07, 6.45) is 0.272. The first-order valence-corrected chi connectivity index (χ1v) is 5.13. The van der Waals surface area contributed by atoms with E-state index in [2.05, 4.69) is 4.74 Å². The number of Topliss-reactive ketones (excluding diaryl/α,β-unsaturated/α-hetero) is 1. The Hall–Kier alpha value is -2.05. The van der Waals surface area contributed by atoms with Crippen LogP contribution in [0.2, 0.25) is 0 Å². The third-order valence-electron chi connectivity index (χ3n) is 2.35. The van der Waals surface area contributed by atoms with Crippen LogP contribution in [0.5, 0.6) is 5.75 Å². The third-order valence-corrected chi connectivity index (χ3v) is 2.35. The molecule has 0 saturated heterocycles. The standard InChI is InChI=1S/C11H11F2NO4/c1-3-7-4-10(18-11(12)13)8(6(2)15)5-9(7)14(16)17/h4-5,11H,3H2,1-2H3. The average molecular weight is 259 g/mol. The zero-order valence-corrected chi connectivity index (χ0v) is 9.78. The van der Waals surface area contributed by atoms with Crippen LogP contribution in [0.15, 0.2) is 12.1 Å². The SMILES string of the molecule is CCc1cc(OC(F)F)c(C(C)=O)cc1[N+](=O)[O-]. The Kier molecular flexibility index (Phi) is 4.30. The second kappa shape index (κ2) is 5.52. The van der Waals surface area contributed by atoms with Crippen LogP contribution in [0.25, 0.3) is 0 Å². The maximum Gasteiger partial charge on any atom is 0.387 e. The summed E-state index contributed by atoms with van der Waals surface area (Å²) in [7, 11) is 0. The number of aryl methyl sites for hydroxylation is 1. The summed E-state index contributed by atoms with van der Waals surface area (Å²) in [6, 6.07) is 2.08. The molecule has 0 aliphatic carbocycles. The van der Waals surface area contributed by atoms with E-state index < -0.39 is 17.3 Å². The minimum atomic E-state index is -3.09. The molecule has 18 heavy (non-hydrogen) atoms. The van der Waals surface area contributed by atoms with Crippen LogP contribution in [0.3, 0.4) is 0 Å². The zero-order chi connectivity index (χ0) is 13.9. The molecule has 0 heterocycles. The van der Waals surface area contributed by atoms with Crippen molar-refractivity contribution in [1.82, 2.24) is 0 Å². The highest BCUT2D eigenvalue weighted by molar-refractivity contribution is 5.97. The van der Waals surface area contributed by atoms with E-state index in [0.29, 0.717) is 0 Å². The molecule has 0 saturated carbocycles. The Morgan fingerprint density at radius 2 is 2.11 bits per heavy atom. The number of halogens is 2. The Morgan fingerprint density at radius 1 is 1.50 bits per heavy atom. The molecule has 0 fully saturated rings. The molecular weight excluding hydrogens is 248 g/mol. The lowest BCUT2D eigenvalue weighted by Gasteiger charge is -2.10. The molecule has 7 heteroatoms. The smallest absolute Gasteiger partial charge is 0.387 e. The van der Waals surface area contributed by atoms with Crippen molar-refractivity contribution >= 4 is 11.5 Å². The van der Waals surface area contributed by atoms with Crippen molar-refractivity contribution < 1.29 is 23.2 Å². The summed E-state index contributed by atoms with van der Waals surface area (Å²) in [5, 5.41) is 10.8. The van der Waals surface area contributed by atoms with Gasteiger partial charge < -0.3 is 4.74 Å². The second-order valence-corrected chi connectivity index (χ2v) is 3.52. The molecule has 0 atom stereocenters. The number of ether oxygens (including phenoxy) is 1. The Morgan fingerprint density at radius 3 is 2.50 bits per heavy atom. The van der Waals surface area contributed by atoms with Crippen molar-refractivity contribution in [2.45, 2.75) is 26.9 Å². The molecular formula is C11H11F2NO4. The van der Waals surface area contributed by atoms with Crippen LogP contribution in [0.1, 0.15) is 29.8 Å². The highest BCUT2D eigenvalue weighted by Gasteiger charge is 2.21. The van der Waals surface area contributed by atoms with Gasteiger partial charge in [-0.05, 0) is 19.4 Å². The van der Waals surface area contributed by atoms with Gasteiger partial charge in [0.05, 0.1) is 10.5 Å². The van der Waals surface area contributed by atoms with Gasteiger partial charge in [0.2, 0.25) is 0 Å². The molecule has 0 aliphatic rings. The fourth-order valence-corrected chi connectivity index (χ4v) is 1.53. The van der Waals surface area contributed by atoms with Crippen LogP contribution in [-0.4, -0.2) is 17.3 Å². The number of nitrogens with zero attached hydrogens (tertiary/aromatic N) is 1. The molecule has 0 aliphatic heterocycles. The zero-order valence-electron chi connectivity index (χ0n) is 9.78. The van der Waals surface area contributed by atoms with Gasteiger partial charge in [-0.1, -0.05) is 6.92 Å². The number of nitro benzene ring substituents is 1. The summed E-state index contributed by atoms with van der Waals surface area (Å²) < 4.78 is 28.6. The normalized spacial score (nSPS) is 10.5. The quantitative estimate of drug-likeness (QED) is 0.463. The Balaban J connectivity index is 3.41. The number of carbonyl (C=O) groups is 1. The van der Waals surface area contributed by atoms with E-state index in [1.807, 2.05) is 0 Å². The number of benzene rings is 1.